The lowest BCUT2D eigenvalue weighted by Gasteiger charge is -2.22. The SMILES string of the molecule is O=C(Nc1ccc(N2CCCC2)cc1)C1CCc2[nH]c3ccc(F)cc3c2C1. The Morgan fingerprint density at radius 1 is 1.11 bits per heavy atom. The van der Waals surface area contributed by atoms with Crippen LogP contribution in [0.15, 0.2) is 42.5 Å². The van der Waals surface area contributed by atoms with Crippen LogP contribution >= 0.6 is 0 Å². The Kier molecular flexibility index (Phi) is 4.30. The molecule has 0 radical (unpaired) electrons. The molecule has 1 aliphatic carbocycles. The third kappa shape index (κ3) is 3.15. The number of carbonyl (C=O) groups excluding carboxylic acids is 1. The molecule has 3 aromatic rings. The number of benzene rings is 2. The summed E-state index contributed by atoms with van der Waals surface area (Å²) in [6, 6.07) is 13.0. The third-order valence-electron chi connectivity index (χ3n) is 6.13. The summed E-state index contributed by atoms with van der Waals surface area (Å²) in [4.78, 5) is 18.6. The molecule has 0 spiro atoms. The van der Waals surface area contributed by atoms with Gasteiger partial charge in [-0.1, -0.05) is 0 Å². The van der Waals surface area contributed by atoms with Gasteiger partial charge in [-0.2, -0.15) is 0 Å². The molecule has 28 heavy (non-hydrogen) atoms. The van der Waals surface area contributed by atoms with Crippen LogP contribution in [0.2, 0.25) is 0 Å². The second-order valence-corrected chi connectivity index (χ2v) is 7.94. The normalized spacial score (nSPS) is 19.0. The van der Waals surface area contributed by atoms with E-state index in [1.807, 2.05) is 12.1 Å². The first-order valence-electron chi connectivity index (χ1n) is 10.1. The highest BCUT2D eigenvalue weighted by Gasteiger charge is 2.27. The summed E-state index contributed by atoms with van der Waals surface area (Å²) in [7, 11) is 0. The minimum Gasteiger partial charge on any atom is -0.372 e. The fraction of sp³-hybridized carbons (Fsp3) is 0.348. The van der Waals surface area contributed by atoms with Gasteiger partial charge in [-0.3, -0.25) is 4.79 Å². The van der Waals surface area contributed by atoms with Crippen molar-refractivity contribution >= 4 is 28.2 Å². The number of aryl methyl sites for hydroxylation is 1. The highest BCUT2D eigenvalue weighted by atomic mass is 19.1. The summed E-state index contributed by atoms with van der Waals surface area (Å²) < 4.78 is 13.7. The second kappa shape index (κ2) is 6.97. The molecule has 1 amide bonds. The van der Waals surface area contributed by atoms with E-state index in [0.717, 1.165) is 53.8 Å². The number of carbonyl (C=O) groups is 1. The molecular weight excluding hydrogens is 353 g/mol. The Labute approximate surface area is 163 Å². The van der Waals surface area contributed by atoms with E-state index in [4.69, 9.17) is 0 Å². The van der Waals surface area contributed by atoms with Gasteiger partial charge in [-0.25, -0.2) is 4.39 Å². The van der Waals surface area contributed by atoms with Crippen molar-refractivity contribution in [2.75, 3.05) is 23.3 Å². The fourth-order valence-electron chi connectivity index (χ4n) is 4.59. The number of hydrogen-bond donors (Lipinski definition) is 2. The number of nitrogens with zero attached hydrogens (tertiary/aromatic N) is 1. The van der Waals surface area contributed by atoms with Crippen LogP contribution in [-0.4, -0.2) is 24.0 Å². The number of aromatic nitrogens is 1. The maximum Gasteiger partial charge on any atom is 0.227 e. The van der Waals surface area contributed by atoms with Gasteiger partial charge in [0.1, 0.15) is 5.82 Å². The van der Waals surface area contributed by atoms with E-state index in [1.165, 1.54) is 24.6 Å². The maximum atomic E-state index is 13.7. The minimum atomic E-state index is -0.237. The van der Waals surface area contributed by atoms with Crippen LogP contribution in [0.4, 0.5) is 15.8 Å². The molecule has 2 aliphatic rings. The smallest absolute Gasteiger partial charge is 0.227 e. The van der Waals surface area contributed by atoms with Crippen molar-refractivity contribution in [1.82, 2.24) is 4.98 Å². The molecular formula is C23H24FN3O. The number of anilines is 2. The lowest BCUT2D eigenvalue weighted by molar-refractivity contribution is -0.120. The van der Waals surface area contributed by atoms with Crippen molar-refractivity contribution in [1.29, 1.82) is 0 Å². The Morgan fingerprint density at radius 2 is 1.89 bits per heavy atom. The van der Waals surface area contributed by atoms with Crippen molar-refractivity contribution in [3.8, 4) is 0 Å². The number of rotatable bonds is 3. The first-order valence-corrected chi connectivity index (χ1v) is 10.1. The predicted octanol–water partition coefficient (Wildman–Crippen LogP) is 4.65. The highest BCUT2D eigenvalue weighted by Crippen LogP contribution is 2.33. The summed E-state index contributed by atoms with van der Waals surface area (Å²) in [5, 5.41) is 3.98. The number of H-pyrrole nitrogens is 1. The molecule has 5 heteroatoms. The van der Waals surface area contributed by atoms with Gasteiger partial charge in [0.15, 0.2) is 0 Å². The zero-order valence-corrected chi connectivity index (χ0v) is 15.8. The summed E-state index contributed by atoms with van der Waals surface area (Å²) in [6.07, 6.45) is 4.77. The van der Waals surface area contributed by atoms with E-state index in [-0.39, 0.29) is 17.6 Å². The van der Waals surface area contributed by atoms with Gasteiger partial charge in [-0.05, 0) is 80.1 Å². The zero-order valence-electron chi connectivity index (χ0n) is 15.8. The Balaban J connectivity index is 1.30. The molecule has 0 saturated carbocycles. The largest absolute Gasteiger partial charge is 0.372 e. The molecule has 1 aromatic heterocycles. The Hall–Kier alpha value is -2.82. The lowest BCUT2D eigenvalue weighted by atomic mass is 9.85. The third-order valence-corrected chi connectivity index (χ3v) is 6.13. The standard InChI is InChI=1S/C23H24FN3O/c24-16-4-10-22-20(14-16)19-13-15(3-9-21(19)26-22)23(28)25-17-5-7-18(8-6-17)27-11-1-2-12-27/h4-8,10,14-15,26H,1-3,9,11-13H2,(H,25,28). The van der Waals surface area contributed by atoms with Crippen LogP contribution in [0.25, 0.3) is 10.9 Å². The minimum absolute atomic E-state index is 0.0466. The molecule has 2 aromatic carbocycles. The summed E-state index contributed by atoms with van der Waals surface area (Å²) in [6.45, 7) is 2.22. The van der Waals surface area contributed by atoms with E-state index >= 15 is 0 Å². The van der Waals surface area contributed by atoms with Gasteiger partial charge in [-0.15, -0.1) is 0 Å². The second-order valence-electron chi connectivity index (χ2n) is 7.94. The summed E-state index contributed by atoms with van der Waals surface area (Å²) in [5.74, 6) is -0.280. The predicted molar refractivity (Wildman–Crippen MR) is 110 cm³/mol. The van der Waals surface area contributed by atoms with E-state index in [2.05, 4.69) is 27.3 Å². The number of aromatic amines is 1. The van der Waals surface area contributed by atoms with Crippen molar-refractivity contribution in [3.63, 3.8) is 0 Å². The molecule has 5 rings (SSSR count). The molecule has 1 fully saturated rings. The van der Waals surface area contributed by atoms with E-state index < -0.39 is 0 Å². The molecule has 1 saturated heterocycles. The first kappa shape index (κ1) is 17.3. The highest BCUT2D eigenvalue weighted by molar-refractivity contribution is 5.94. The molecule has 4 nitrogen and oxygen atoms in total. The first-order chi connectivity index (χ1) is 13.7. The van der Waals surface area contributed by atoms with Gasteiger partial charge in [0, 0.05) is 47.0 Å². The maximum absolute atomic E-state index is 13.7. The van der Waals surface area contributed by atoms with E-state index in [1.54, 1.807) is 12.1 Å². The van der Waals surface area contributed by atoms with Crippen LogP contribution in [-0.2, 0) is 17.6 Å². The van der Waals surface area contributed by atoms with Crippen LogP contribution in [0.5, 0.6) is 0 Å². The molecule has 1 atom stereocenters. The number of nitrogens with one attached hydrogen (secondary N) is 2. The summed E-state index contributed by atoms with van der Waals surface area (Å²) in [5.41, 5.74) is 5.23. The van der Waals surface area contributed by atoms with Gasteiger partial charge >= 0.3 is 0 Å². The van der Waals surface area contributed by atoms with Crippen molar-refractivity contribution in [3.05, 3.63) is 59.5 Å². The topological polar surface area (TPSA) is 48.1 Å². The van der Waals surface area contributed by atoms with Gasteiger partial charge < -0.3 is 15.2 Å². The van der Waals surface area contributed by atoms with Crippen molar-refractivity contribution < 1.29 is 9.18 Å². The van der Waals surface area contributed by atoms with Crippen LogP contribution < -0.4 is 10.2 Å². The lowest BCUT2D eigenvalue weighted by Crippen LogP contribution is -2.28. The van der Waals surface area contributed by atoms with Crippen molar-refractivity contribution in [2.45, 2.75) is 32.1 Å². The molecule has 1 aliphatic heterocycles. The molecule has 2 heterocycles. The van der Waals surface area contributed by atoms with Gasteiger partial charge in [0.25, 0.3) is 0 Å². The van der Waals surface area contributed by atoms with Gasteiger partial charge in [0.05, 0.1) is 0 Å². The number of halogens is 1. The summed E-state index contributed by atoms with van der Waals surface area (Å²) >= 11 is 0. The van der Waals surface area contributed by atoms with E-state index in [9.17, 15) is 9.18 Å². The molecule has 0 bridgehead atoms. The van der Waals surface area contributed by atoms with Crippen LogP contribution in [0, 0.1) is 11.7 Å². The van der Waals surface area contributed by atoms with Crippen LogP contribution in [0.1, 0.15) is 30.5 Å². The molecule has 2 N–H and O–H groups in total. The Bertz CT molecular complexity index is 1020. The number of amides is 1. The average Bonchev–Trinajstić information content (AvgIpc) is 3.36. The monoisotopic (exact) mass is 377 g/mol. The van der Waals surface area contributed by atoms with Gasteiger partial charge in [0.2, 0.25) is 5.91 Å². The fourth-order valence-corrected chi connectivity index (χ4v) is 4.59. The van der Waals surface area contributed by atoms with Crippen molar-refractivity contribution in [2.24, 2.45) is 5.92 Å². The number of fused-ring (bicyclic) bond motifs is 3. The Morgan fingerprint density at radius 3 is 2.68 bits per heavy atom. The molecule has 1 unspecified atom stereocenters. The number of hydrogen-bond acceptors (Lipinski definition) is 2. The zero-order chi connectivity index (χ0) is 19.1. The molecule has 144 valence electrons. The quantitative estimate of drug-likeness (QED) is 0.698. The van der Waals surface area contributed by atoms with E-state index in [0.29, 0.717) is 6.42 Å². The van der Waals surface area contributed by atoms with Crippen LogP contribution in [0.3, 0.4) is 0 Å². The average molecular weight is 377 g/mol.